The number of carbonyl (C=O) groups is 3. The first-order chi connectivity index (χ1) is 13.8. The number of barbiturate groups is 1. The van der Waals surface area contributed by atoms with Crippen LogP contribution in [0.5, 0.6) is 5.75 Å². The minimum atomic E-state index is -0.928. The molecule has 1 saturated heterocycles. The Morgan fingerprint density at radius 3 is 2.31 bits per heavy atom. The van der Waals surface area contributed by atoms with E-state index in [1.165, 1.54) is 30.3 Å². The van der Waals surface area contributed by atoms with Crippen molar-refractivity contribution in [2.75, 3.05) is 11.5 Å². The largest absolute Gasteiger partial charge is 0.490 e. The molecule has 2 aromatic carbocycles. The molecule has 2 aromatic rings. The van der Waals surface area contributed by atoms with Crippen molar-refractivity contribution in [3.05, 3.63) is 63.4 Å². The van der Waals surface area contributed by atoms with Gasteiger partial charge in [-0.2, -0.15) is 0 Å². The lowest BCUT2D eigenvalue weighted by atomic mass is 10.1. The molecule has 4 amide bonds. The van der Waals surface area contributed by atoms with Gasteiger partial charge in [-0.15, -0.1) is 0 Å². The first-order valence-electron chi connectivity index (χ1n) is 8.60. The van der Waals surface area contributed by atoms with Crippen LogP contribution in [-0.4, -0.2) is 24.5 Å². The molecule has 0 atom stereocenters. The number of nitrogens with one attached hydrogen (secondary N) is 1. The zero-order valence-corrected chi connectivity index (χ0v) is 16.7. The van der Waals surface area contributed by atoms with E-state index in [2.05, 4.69) is 5.32 Å². The summed E-state index contributed by atoms with van der Waals surface area (Å²) in [5.41, 5.74) is 0.186. The zero-order chi connectivity index (χ0) is 21.1. The highest BCUT2D eigenvalue weighted by atomic mass is 35.5. The van der Waals surface area contributed by atoms with Crippen LogP contribution in [0.1, 0.15) is 18.9 Å². The molecule has 0 unspecified atom stereocenters. The van der Waals surface area contributed by atoms with Crippen LogP contribution in [0.25, 0.3) is 6.08 Å². The van der Waals surface area contributed by atoms with Gasteiger partial charge in [-0.3, -0.25) is 14.9 Å². The molecule has 1 heterocycles. The van der Waals surface area contributed by atoms with E-state index in [0.717, 1.165) is 23.5 Å². The Bertz CT molecular complexity index is 999. The van der Waals surface area contributed by atoms with Crippen LogP contribution < -0.4 is 15.0 Å². The molecule has 1 N–H and O–H groups in total. The number of halogens is 3. The quantitative estimate of drug-likeness (QED) is 0.549. The number of hydrogen-bond donors (Lipinski definition) is 1. The summed E-state index contributed by atoms with van der Waals surface area (Å²) in [4.78, 5) is 37.9. The maximum Gasteiger partial charge on any atom is 0.335 e. The van der Waals surface area contributed by atoms with E-state index >= 15 is 0 Å². The second-order valence-corrected chi connectivity index (χ2v) is 6.91. The summed E-state index contributed by atoms with van der Waals surface area (Å²) < 4.78 is 18.6. The molecule has 1 aliphatic heterocycles. The standard InChI is InChI=1S/C20H15Cl2FN2O4/c1-2-7-29-17-15(21)9-11(10-16(17)22)8-14-18(26)24-20(28)25(19(14)27)13-5-3-12(23)4-6-13/h3-6,8-10H,2,7H2,1H3,(H,24,26,28)/b14-8+. The highest BCUT2D eigenvalue weighted by Gasteiger charge is 2.36. The maximum atomic E-state index is 13.2. The van der Waals surface area contributed by atoms with Crippen LogP contribution >= 0.6 is 23.2 Å². The van der Waals surface area contributed by atoms with Gasteiger partial charge in [0.1, 0.15) is 11.4 Å². The first kappa shape index (κ1) is 20.8. The molecule has 150 valence electrons. The Balaban J connectivity index is 1.97. The summed E-state index contributed by atoms with van der Waals surface area (Å²) in [6.45, 7) is 2.36. The molecule has 0 saturated carbocycles. The van der Waals surface area contributed by atoms with E-state index in [1.807, 2.05) is 6.92 Å². The van der Waals surface area contributed by atoms with Crippen LogP contribution in [0.2, 0.25) is 10.0 Å². The monoisotopic (exact) mass is 436 g/mol. The molecular weight excluding hydrogens is 422 g/mol. The summed E-state index contributed by atoms with van der Waals surface area (Å²) in [6, 6.07) is 6.77. The van der Waals surface area contributed by atoms with Crippen LogP contribution in [0.15, 0.2) is 42.0 Å². The Morgan fingerprint density at radius 1 is 1.10 bits per heavy atom. The van der Waals surface area contributed by atoms with Gasteiger partial charge in [0, 0.05) is 0 Å². The average Bonchev–Trinajstić information content (AvgIpc) is 2.66. The van der Waals surface area contributed by atoms with Crippen LogP contribution in [0.4, 0.5) is 14.9 Å². The number of rotatable bonds is 5. The molecule has 3 rings (SSSR count). The number of amides is 4. The zero-order valence-electron chi connectivity index (χ0n) is 15.2. The second-order valence-electron chi connectivity index (χ2n) is 6.10. The van der Waals surface area contributed by atoms with E-state index in [-0.39, 0.29) is 21.3 Å². The average molecular weight is 437 g/mol. The van der Waals surface area contributed by atoms with Crippen molar-refractivity contribution in [2.24, 2.45) is 0 Å². The Hall–Kier alpha value is -2.90. The number of hydrogen-bond acceptors (Lipinski definition) is 4. The van der Waals surface area contributed by atoms with Crippen LogP contribution in [-0.2, 0) is 9.59 Å². The van der Waals surface area contributed by atoms with Gasteiger partial charge >= 0.3 is 6.03 Å². The van der Waals surface area contributed by atoms with Gasteiger partial charge in [0.15, 0.2) is 5.75 Å². The van der Waals surface area contributed by atoms with E-state index in [4.69, 9.17) is 27.9 Å². The molecule has 0 bridgehead atoms. The van der Waals surface area contributed by atoms with Crippen molar-refractivity contribution in [2.45, 2.75) is 13.3 Å². The van der Waals surface area contributed by atoms with Crippen LogP contribution in [0.3, 0.4) is 0 Å². The molecule has 6 nitrogen and oxygen atoms in total. The fourth-order valence-electron chi connectivity index (χ4n) is 2.65. The minimum Gasteiger partial charge on any atom is -0.490 e. The number of nitrogens with zero attached hydrogens (tertiary/aromatic N) is 1. The lowest BCUT2D eigenvalue weighted by molar-refractivity contribution is -0.122. The molecule has 1 aliphatic rings. The fraction of sp³-hybridized carbons (Fsp3) is 0.150. The summed E-state index contributed by atoms with van der Waals surface area (Å²) in [7, 11) is 0. The second kappa shape index (κ2) is 8.63. The van der Waals surface area contributed by atoms with Gasteiger partial charge in [-0.1, -0.05) is 30.1 Å². The molecular formula is C20H15Cl2FN2O4. The SMILES string of the molecule is CCCOc1c(Cl)cc(/C=C2\C(=O)NC(=O)N(c3ccc(F)cc3)C2=O)cc1Cl. The molecule has 0 radical (unpaired) electrons. The van der Waals surface area contributed by atoms with Crippen molar-refractivity contribution in [1.82, 2.24) is 5.32 Å². The van der Waals surface area contributed by atoms with E-state index in [1.54, 1.807) is 0 Å². The summed E-state index contributed by atoms with van der Waals surface area (Å²) in [5.74, 6) is -1.94. The van der Waals surface area contributed by atoms with Crippen molar-refractivity contribution < 1.29 is 23.5 Å². The molecule has 0 aliphatic carbocycles. The third-order valence-electron chi connectivity index (χ3n) is 3.97. The smallest absolute Gasteiger partial charge is 0.335 e. The van der Waals surface area contributed by atoms with Gasteiger partial charge in [0.2, 0.25) is 0 Å². The predicted octanol–water partition coefficient (Wildman–Crippen LogP) is 4.59. The topological polar surface area (TPSA) is 75.7 Å². The summed E-state index contributed by atoms with van der Waals surface area (Å²) in [5, 5.41) is 2.52. The molecule has 0 aromatic heterocycles. The van der Waals surface area contributed by atoms with E-state index in [9.17, 15) is 18.8 Å². The molecule has 1 fully saturated rings. The lowest BCUT2D eigenvalue weighted by Gasteiger charge is -2.26. The highest BCUT2D eigenvalue weighted by molar-refractivity contribution is 6.40. The number of anilines is 1. The number of ether oxygens (including phenoxy) is 1. The summed E-state index contributed by atoms with van der Waals surface area (Å²) >= 11 is 12.4. The first-order valence-corrected chi connectivity index (χ1v) is 9.36. The van der Waals surface area contributed by atoms with Crippen molar-refractivity contribution in [3.63, 3.8) is 0 Å². The lowest BCUT2D eigenvalue weighted by Crippen LogP contribution is -2.54. The highest BCUT2D eigenvalue weighted by Crippen LogP contribution is 2.35. The summed E-state index contributed by atoms with van der Waals surface area (Å²) in [6.07, 6.45) is 2.03. The normalized spacial score (nSPS) is 15.7. The van der Waals surface area contributed by atoms with Gasteiger partial charge in [-0.05, 0) is 54.5 Å². The fourth-order valence-corrected chi connectivity index (χ4v) is 3.27. The molecule has 9 heteroatoms. The van der Waals surface area contributed by atoms with E-state index < -0.39 is 23.7 Å². The number of carbonyl (C=O) groups excluding carboxylic acids is 3. The van der Waals surface area contributed by atoms with Crippen molar-refractivity contribution >= 4 is 52.8 Å². The molecule has 29 heavy (non-hydrogen) atoms. The Kier molecular flexibility index (Phi) is 6.20. The van der Waals surface area contributed by atoms with Gasteiger partial charge in [-0.25, -0.2) is 14.1 Å². The van der Waals surface area contributed by atoms with Gasteiger partial charge < -0.3 is 4.74 Å². The third kappa shape index (κ3) is 4.41. The Labute approximate surface area is 175 Å². The number of imide groups is 2. The minimum absolute atomic E-state index is 0.117. The van der Waals surface area contributed by atoms with Crippen LogP contribution in [0, 0.1) is 5.82 Å². The van der Waals surface area contributed by atoms with E-state index in [0.29, 0.717) is 17.9 Å². The number of benzene rings is 2. The molecule has 0 spiro atoms. The Morgan fingerprint density at radius 2 is 1.72 bits per heavy atom. The third-order valence-corrected chi connectivity index (χ3v) is 4.53. The van der Waals surface area contributed by atoms with Crippen molar-refractivity contribution in [3.8, 4) is 5.75 Å². The maximum absolute atomic E-state index is 13.2. The van der Waals surface area contributed by atoms with Gasteiger partial charge in [0.05, 0.1) is 22.3 Å². The van der Waals surface area contributed by atoms with Gasteiger partial charge in [0.25, 0.3) is 11.8 Å². The predicted molar refractivity (Wildman–Crippen MR) is 108 cm³/mol. The van der Waals surface area contributed by atoms with Crippen molar-refractivity contribution in [1.29, 1.82) is 0 Å². The number of urea groups is 1.